The Morgan fingerprint density at radius 2 is 0.487 bits per heavy atom. The standard InChI is InChI=1S/C36H44OSi2/c1-21-13-17-25(5)33(29(21)9)38(34-26(6)18-14-22(2)30(34)10)37-39(35-27(7)19-15-23(3)31(35)11)36-28(8)20-16-24(4)32(36)12/h13-20H,1-12H3. The van der Waals surface area contributed by atoms with E-state index in [1.165, 1.54) is 87.5 Å². The van der Waals surface area contributed by atoms with Crippen molar-refractivity contribution in [2.24, 2.45) is 0 Å². The van der Waals surface area contributed by atoms with Crippen molar-refractivity contribution in [1.82, 2.24) is 0 Å². The maximum absolute atomic E-state index is 7.87. The summed E-state index contributed by atoms with van der Waals surface area (Å²) >= 11 is 0. The van der Waals surface area contributed by atoms with Crippen LogP contribution in [-0.2, 0) is 4.12 Å². The van der Waals surface area contributed by atoms with Crippen molar-refractivity contribution in [1.29, 1.82) is 0 Å². The maximum atomic E-state index is 7.87. The van der Waals surface area contributed by atoms with Gasteiger partial charge in [-0.05, 0) is 171 Å². The molecule has 4 aromatic rings. The molecule has 0 N–H and O–H groups in total. The Morgan fingerprint density at radius 1 is 0.308 bits per heavy atom. The van der Waals surface area contributed by atoms with Crippen LogP contribution < -0.4 is 20.7 Å². The van der Waals surface area contributed by atoms with Gasteiger partial charge < -0.3 is 4.12 Å². The van der Waals surface area contributed by atoms with Crippen LogP contribution >= 0.6 is 0 Å². The molecule has 0 spiro atoms. The van der Waals surface area contributed by atoms with Crippen molar-refractivity contribution in [3.05, 3.63) is 115 Å². The molecule has 0 aliphatic rings. The molecule has 4 aromatic carbocycles. The Bertz CT molecular complexity index is 1330. The van der Waals surface area contributed by atoms with Crippen LogP contribution in [0.1, 0.15) is 66.8 Å². The Balaban J connectivity index is 2.11. The van der Waals surface area contributed by atoms with E-state index in [-0.39, 0.29) is 0 Å². The van der Waals surface area contributed by atoms with Gasteiger partial charge >= 0.3 is 0 Å². The Labute approximate surface area is 240 Å². The van der Waals surface area contributed by atoms with Gasteiger partial charge in [0.1, 0.15) is 0 Å². The fourth-order valence-corrected chi connectivity index (χ4v) is 12.6. The van der Waals surface area contributed by atoms with E-state index in [0.29, 0.717) is 0 Å². The molecule has 0 fully saturated rings. The van der Waals surface area contributed by atoms with Gasteiger partial charge in [0.2, 0.25) is 0 Å². The minimum absolute atomic E-state index is 1.34. The molecule has 2 radical (unpaired) electrons. The van der Waals surface area contributed by atoms with Crippen molar-refractivity contribution in [3.63, 3.8) is 0 Å². The van der Waals surface area contributed by atoms with Gasteiger partial charge in [0.15, 0.2) is 0 Å². The number of aryl methyl sites for hydroxylation is 8. The smallest absolute Gasteiger partial charge is 0.273 e. The minimum Gasteiger partial charge on any atom is -0.442 e. The maximum Gasteiger partial charge on any atom is 0.273 e. The first-order valence-electron chi connectivity index (χ1n) is 14.1. The summed E-state index contributed by atoms with van der Waals surface area (Å²) in [5.41, 5.74) is 16.2. The van der Waals surface area contributed by atoms with Crippen LogP contribution in [0.15, 0.2) is 48.5 Å². The molecule has 0 aliphatic carbocycles. The van der Waals surface area contributed by atoms with Gasteiger partial charge in [0.25, 0.3) is 18.1 Å². The lowest BCUT2D eigenvalue weighted by molar-refractivity contribution is 0.631. The van der Waals surface area contributed by atoms with E-state index in [4.69, 9.17) is 4.12 Å². The summed E-state index contributed by atoms with van der Waals surface area (Å²) in [7, 11) is -3.21. The molecule has 4 rings (SSSR count). The Morgan fingerprint density at radius 3 is 0.692 bits per heavy atom. The van der Waals surface area contributed by atoms with Crippen LogP contribution in [0.3, 0.4) is 0 Å². The van der Waals surface area contributed by atoms with Crippen LogP contribution in [0.4, 0.5) is 0 Å². The summed E-state index contributed by atoms with van der Waals surface area (Å²) in [6.07, 6.45) is 0. The van der Waals surface area contributed by atoms with Crippen LogP contribution in [0, 0.1) is 83.1 Å². The highest BCUT2D eigenvalue weighted by Crippen LogP contribution is 2.19. The van der Waals surface area contributed by atoms with Crippen molar-refractivity contribution >= 4 is 38.8 Å². The largest absolute Gasteiger partial charge is 0.442 e. The van der Waals surface area contributed by atoms with Gasteiger partial charge in [-0.3, -0.25) is 0 Å². The number of hydrogen-bond acceptors (Lipinski definition) is 1. The van der Waals surface area contributed by atoms with Crippen LogP contribution in [0.25, 0.3) is 0 Å². The molecule has 1 nitrogen and oxygen atoms in total. The third kappa shape index (κ3) is 5.37. The fraction of sp³-hybridized carbons (Fsp3) is 0.333. The van der Waals surface area contributed by atoms with E-state index < -0.39 is 18.1 Å². The van der Waals surface area contributed by atoms with Gasteiger partial charge in [-0.25, -0.2) is 0 Å². The van der Waals surface area contributed by atoms with Crippen molar-refractivity contribution in [3.8, 4) is 0 Å². The lowest BCUT2D eigenvalue weighted by Crippen LogP contribution is -2.60. The van der Waals surface area contributed by atoms with Crippen molar-refractivity contribution in [2.45, 2.75) is 83.1 Å². The lowest BCUT2D eigenvalue weighted by atomic mass is 10.1. The molecule has 39 heavy (non-hydrogen) atoms. The zero-order chi connectivity index (χ0) is 28.8. The summed E-state index contributed by atoms with van der Waals surface area (Å²) in [5.74, 6) is 0. The Hall–Kier alpha value is -2.73. The van der Waals surface area contributed by atoms with Gasteiger partial charge in [-0.15, -0.1) is 0 Å². The molecule has 0 saturated carbocycles. The number of rotatable bonds is 6. The molecule has 0 bridgehead atoms. The molecule has 202 valence electrons. The monoisotopic (exact) mass is 548 g/mol. The first-order chi connectivity index (χ1) is 18.3. The average molecular weight is 549 g/mol. The second-order valence-corrected chi connectivity index (χ2v) is 15.7. The predicted octanol–water partition coefficient (Wildman–Crippen LogP) is 6.32. The molecule has 0 unspecified atom stereocenters. The highest BCUT2D eigenvalue weighted by molar-refractivity contribution is 6.93. The summed E-state index contributed by atoms with van der Waals surface area (Å²) in [6, 6.07) is 18.2. The van der Waals surface area contributed by atoms with Gasteiger partial charge in [0.05, 0.1) is 0 Å². The van der Waals surface area contributed by atoms with Crippen LogP contribution in [0.5, 0.6) is 0 Å². The molecular weight excluding hydrogens is 505 g/mol. The summed E-state index contributed by atoms with van der Waals surface area (Å²) in [6.45, 7) is 27.2. The molecular formula is C36H44OSi2. The third-order valence-corrected chi connectivity index (χ3v) is 15.4. The minimum atomic E-state index is -1.60. The highest BCUT2D eigenvalue weighted by Gasteiger charge is 2.35. The average Bonchev–Trinajstić information content (AvgIpc) is 2.88. The van der Waals surface area contributed by atoms with Gasteiger partial charge in [-0.1, -0.05) is 48.5 Å². The topological polar surface area (TPSA) is 9.23 Å². The summed E-state index contributed by atoms with van der Waals surface area (Å²) in [4.78, 5) is 0. The normalized spacial score (nSPS) is 11.6. The summed E-state index contributed by atoms with van der Waals surface area (Å²) < 4.78 is 7.87. The lowest BCUT2D eigenvalue weighted by Gasteiger charge is -2.31. The highest BCUT2D eigenvalue weighted by atomic mass is 28.4. The molecule has 0 amide bonds. The first kappa shape index (κ1) is 29.3. The van der Waals surface area contributed by atoms with Crippen molar-refractivity contribution < 1.29 is 4.12 Å². The van der Waals surface area contributed by atoms with E-state index in [1.54, 1.807) is 0 Å². The molecule has 0 aliphatic heterocycles. The van der Waals surface area contributed by atoms with E-state index in [2.05, 4.69) is 132 Å². The fourth-order valence-electron chi connectivity index (χ4n) is 5.76. The second kappa shape index (κ2) is 11.4. The molecule has 3 heteroatoms. The summed E-state index contributed by atoms with van der Waals surface area (Å²) in [5, 5.41) is 5.69. The van der Waals surface area contributed by atoms with E-state index >= 15 is 0 Å². The SMILES string of the molecule is Cc1ccc(C)c([Si](O[Si](c2c(C)ccc(C)c2C)c2c(C)ccc(C)c2C)c2c(C)ccc(C)c2C)c1C. The first-order valence-corrected chi connectivity index (χ1v) is 16.9. The van der Waals surface area contributed by atoms with Crippen LogP contribution in [-0.4, -0.2) is 18.1 Å². The molecule has 0 saturated heterocycles. The third-order valence-electron chi connectivity index (χ3n) is 8.89. The number of benzene rings is 4. The van der Waals surface area contributed by atoms with Gasteiger partial charge in [0, 0.05) is 0 Å². The Kier molecular flexibility index (Phi) is 8.56. The zero-order valence-corrected chi connectivity index (χ0v) is 28.0. The van der Waals surface area contributed by atoms with E-state index in [1.807, 2.05) is 0 Å². The predicted molar refractivity (Wildman–Crippen MR) is 174 cm³/mol. The van der Waals surface area contributed by atoms with Crippen LogP contribution in [0.2, 0.25) is 0 Å². The zero-order valence-electron chi connectivity index (χ0n) is 26.0. The van der Waals surface area contributed by atoms with E-state index in [9.17, 15) is 0 Å². The second-order valence-electron chi connectivity index (χ2n) is 11.6. The van der Waals surface area contributed by atoms with E-state index in [0.717, 1.165) is 0 Å². The molecule has 0 aromatic heterocycles. The van der Waals surface area contributed by atoms with Gasteiger partial charge in [-0.2, -0.15) is 0 Å². The quantitative estimate of drug-likeness (QED) is 0.256. The molecule has 0 atom stereocenters. The molecule has 0 heterocycles. The number of hydrogen-bond donors (Lipinski definition) is 0. The van der Waals surface area contributed by atoms with Crippen molar-refractivity contribution in [2.75, 3.05) is 0 Å².